The van der Waals surface area contributed by atoms with E-state index in [0.717, 1.165) is 17.8 Å². The Bertz CT molecular complexity index is 704. The fourth-order valence-corrected chi connectivity index (χ4v) is 2.34. The molecule has 0 bridgehead atoms. The fourth-order valence-electron chi connectivity index (χ4n) is 2.15. The van der Waals surface area contributed by atoms with Gasteiger partial charge < -0.3 is 20.1 Å². The highest BCUT2D eigenvalue weighted by Crippen LogP contribution is 2.29. The zero-order valence-electron chi connectivity index (χ0n) is 14.1. The van der Waals surface area contributed by atoms with Gasteiger partial charge >= 0.3 is 0 Å². The molecule has 2 aromatic carbocycles. The first kappa shape index (κ1) is 17.9. The number of guanidine groups is 1. The highest BCUT2D eigenvalue weighted by atomic mass is 35.5. The number of nitrogens with zero attached hydrogens (tertiary/aromatic N) is 1. The van der Waals surface area contributed by atoms with Crippen molar-refractivity contribution in [2.24, 2.45) is 4.99 Å². The highest BCUT2D eigenvalue weighted by Gasteiger charge is 2.06. The normalized spacial score (nSPS) is 11.1. The van der Waals surface area contributed by atoms with E-state index in [1.54, 1.807) is 14.2 Å². The minimum atomic E-state index is 0.488. The maximum Gasteiger partial charge on any atom is 0.196 e. The summed E-state index contributed by atoms with van der Waals surface area (Å²) in [6, 6.07) is 13.3. The lowest BCUT2D eigenvalue weighted by Gasteiger charge is -2.14. The van der Waals surface area contributed by atoms with Crippen molar-refractivity contribution in [3.05, 3.63) is 53.1 Å². The number of methoxy groups -OCH3 is 2. The molecule has 0 saturated heterocycles. The first-order valence-electron chi connectivity index (χ1n) is 7.68. The lowest BCUT2D eigenvalue weighted by molar-refractivity contribution is 0.355. The van der Waals surface area contributed by atoms with Gasteiger partial charge in [-0.15, -0.1) is 0 Å². The van der Waals surface area contributed by atoms with E-state index in [9.17, 15) is 0 Å². The molecule has 24 heavy (non-hydrogen) atoms. The summed E-state index contributed by atoms with van der Waals surface area (Å²) >= 11 is 6.18. The third-order valence-electron chi connectivity index (χ3n) is 3.36. The molecule has 128 valence electrons. The summed E-state index contributed by atoms with van der Waals surface area (Å²) in [5, 5.41) is 7.18. The van der Waals surface area contributed by atoms with Crippen molar-refractivity contribution in [2.45, 2.75) is 13.5 Å². The van der Waals surface area contributed by atoms with Crippen molar-refractivity contribution in [3.8, 4) is 11.5 Å². The van der Waals surface area contributed by atoms with Crippen LogP contribution < -0.4 is 20.1 Å². The van der Waals surface area contributed by atoms with Crippen molar-refractivity contribution in [3.63, 3.8) is 0 Å². The molecule has 0 aliphatic heterocycles. The molecular formula is C18H22ClN3O2. The molecule has 0 fully saturated rings. The number of nitrogens with one attached hydrogen (secondary N) is 2. The van der Waals surface area contributed by atoms with E-state index in [-0.39, 0.29) is 0 Å². The fraction of sp³-hybridized carbons (Fsp3) is 0.278. The number of aliphatic imine (C=N–C) groups is 1. The summed E-state index contributed by atoms with van der Waals surface area (Å²) in [7, 11) is 3.22. The summed E-state index contributed by atoms with van der Waals surface area (Å²) in [6.07, 6.45) is 0. The largest absolute Gasteiger partial charge is 0.493 e. The second-order valence-corrected chi connectivity index (χ2v) is 5.39. The van der Waals surface area contributed by atoms with Gasteiger partial charge in [-0.1, -0.05) is 29.8 Å². The number of benzene rings is 2. The lowest BCUT2D eigenvalue weighted by atomic mass is 10.2. The van der Waals surface area contributed by atoms with Crippen molar-refractivity contribution in [2.75, 3.05) is 26.1 Å². The third-order valence-corrected chi connectivity index (χ3v) is 3.72. The smallest absolute Gasteiger partial charge is 0.196 e. The summed E-state index contributed by atoms with van der Waals surface area (Å²) < 4.78 is 10.6. The maximum absolute atomic E-state index is 6.18. The standard InChI is InChI=1S/C18H22ClN3O2/c1-4-20-18(21-12-13-7-5-6-8-15(13)19)22-14-9-10-16(23-2)17(11-14)24-3/h5-11H,4,12H2,1-3H3,(H2,20,21,22). The van der Waals surface area contributed by atoms with Gasteiger partial charge in [-0.3, -0.25) is 0 Å². The minimum absolute atomic E-state index is 0.488. The number of anilines is 1. The van der Waals surface area contributed by atoms with Crippen LogP contribution in [0.1, 0.15) is 12.5 Å². The van der Waals surface area contributed by atoms with E-state index in [4.69, 9.17) is 21.1 Å². The van der Waals surface area contributed by atoms with Crippen LogP contribution in [-0.2, 0) is 6.54 Å². The minimum Gasteiger partial charge on any atom is -0.493 e. The summed E-state index contributed by atoms with van der Waals surface area (Å²) in [4.78, 5) is 4.58. The summed E-state index contributed by atoms with van der Waals surface area (Å²) in [5.74, 6) is 2.01. The van der Waals surface area contributed by atoms with Gasteiger partial charge in [0, 0.05) is 23.3 Å². The van der Waals surface area contributed by atoms with Gasteiger partial charge in [0.15, 0.2) is 17.5 Å². The molecule has 2 N–H and O–H groups in total. The second-order valence-electron chi connectivity index (χ2n) is 4.98. The quantitative estimate of drug-likeness (QED) is 0.614. The zero-order chi connectivity index (χ0) is 17.4. The molecule has 0 atom stereocenters. The first-order valence-corrected chi connectivity index (χ1v) is 8.06. The summed E-state index contributed by atoms with van der Waals surface area (Å²) in [5.41, 5.74) is 1.83. The van der Waals surface area contributed by atoms with Gasteiger partial charge in [-0.05, 0) is 30.7 Å². The van der Waals surface area contributed by atoms with Crippen LogP contribution in [0.2, 0.25) is 5.02 Å². The molecule has 0 aromatic heterocycles. The van der Waals surface area contributed by atoms with Gasteiger partial charge in [0.2, 0.25) is 0 Å². The van der Waals surface area contributed by atoms with E-state index in [1.165, 1.54) is 0 Å². The van der Waals surface area contributed by atoms with Crippen molar-refractivity contribution < 1.29 is 9.47 Å². The molecule has 0 radical (unpaired) electrons. The van der Waals surface area contributed by atoms with Crippen molar-refractivity contribution in [1.82, 2.24) is 5.32 Å². The molecule has 2 aromatic rings. The Morgan fingerprint density at radius 3 is 2.50 bits per heavy atom. The SMILES string of the molecule is CCNC(=NCc1ccccc1Cl)Nc1ccc(OC)c(OC)c1. The van der Waals surface area contributed by atoms with E-state index in [2.05, 4.69) is 15.6 Å². The Kier molecular flexibility index (Phi) is 6.75. The van der Waals surface area contributed by atoms with Crippen LogP contribution in [-0.4, -0.2) is 26.7 Å². The first-order chi connectivity index (χ1) is 11.7. The molecule has 0 saturated carbocycles. The number of halogens is 1. The average Bonchev–Trinajstić information content (AvgIpc) is 2.61. The molecule has 0 unspecified atom stereocenters. The lowest BCUT2D eigenvalue weighted by Crippen LogP contribution is -2.30. The molecule has 0 heterocycles. The van der Waals surface area contributed by atoms with Crippen LogP contribution in [0.15, 0.2) is 47.5 Å². The Morgan fingerprint density at radius 1 is 1.08 bits per heavy atom. The monoisotopic (exact) mass is 347 g/mol. The Balaban J connectivity index is 2.16. The predicted octanol–water partition coefficient (Wildman–Crippen LogP) is 3.93. The van der Waals surface area contributed by atoms with Crippen LogP contribution >= 0.6 is 11.6 Å². The van der Waals surface area contributed by atoms with Gasteiger partial charge in [0.05, 0.1) is 20.8 Å². The van der Waals surface area contributed by atoms with Crippen molar-refractivity contribution >= 4 is 23.2 Å². The molecule has 0 amide bonds. The van der Waals surface area contributed by atoms with E-state index < -0.39 is 0 Å². The molecule has 6 heteroatoms. The number of hydrogen-bond acceptors (Lipinski definition) is 3. The number of hydrogen-bond donors (Lipinski definition) is 2. The van der Waals surface area contributed by atoms with Crippen LogP contribution in [0, 0.1) is 0 Å². The zero-order valence-corrected chi connectivity index (χ0v) is 14.9. The summed E-state index contributed by atoms with van der Waals surface area (Å²) in [6.45, 7) is 3.26. The van der Waals surface area contributed by atoms with E-state index >= 15 is 0 Å². The third kappa shape index (κ3) is 4.80. The molecule has 0 aliphatic carbocycles. The van der Waals surface area contributed by atoms with Crippen LogP contribution in [0.4, 0.5) is 5.69 Å². The highest BCUT2D eigenvalue weighted by molar-refractivity contribution is 6.31. The second kappa shape index (κ2) is 9.03. The molecule has 0 spiro atoms. The molecule has 2 rings (SSSR count). The number of ether oxygens (including phenoxy) is 2. The molecule has 0 aliphatic rings. The van der Waals surface area contributed by atoms with E-state index in [0.29, 0.717) is 29.0 Å². The van der Waals surface area contributed by atoms with Crippen LogP contribution in [0.25, 0.3) is 0 Å². The van der Waals surface area contributed by atoms with Gasteiger partial charge in [0.25, 0.3) is 0 Å². The van der Waals surface area contributed by atoms with Gasteiger partial charge in [-0.2, -0.15) is 0 Å². The predicted molar refractivity (Wildman–Crippen MR) is 99.4 cm³/mol. The van der Waals surface area contributed by atoms with Gasteiger partial charge in [-0.25, -0.2) is 4.99 Å². The molecule has 5 nitrogen and oxygen atoms in total. The van der Waals surface area contributed by atoms with E-state index in [1.807, 2.05) is 49.4 Å². The maximum atomic E-state index is 6.18. The average molecular weight is 348 g/mol. The molecular weight excluding hydrogens is 326 g/mol. The van der Waals surface area contributed by atoms with Crippen LogP contribution in [0.3, 0.4) is 0 Å². The Morgan fingerprint density at radius 2 is 1.83 bits per heavy atom. The van der Waals surface area contributed by atoms with Gasteiger partial charge in [0.1, 0.15) is 0 Å². The Hall–Kier alpha value is -2.40. The number of rotatable bonds is 6. The van der Waals surface area contributed by atoms with Crippen molar-refractivity contribution in [1.29, 1.82) is 0 Å². The van der Waals surface area contributed by atoms with Crippen LogP contribution in [0.5, 0.6) is 11.5 Å². The Labute approximate surface area is 147 Å². The topological polar surface area (TPSA) is 54.9 Å².